The average Bonchev–Trinajstić information content (AvgIpc) is 2.38. The highest BCUT2D eigenvalue weighted by Gasteiger charge is 2.13. The van der Waals surface area contributed by atoms with E-state index in [1.165, 1.54) is 49.6 Å². The van der Waals surface area contributed by atoms with Crippen molar-refractivity contribution < 1.29 is 19.0 Å². The van der Waals surface area contributed by atoms with E-state index in [2.05, 4.69) is 4.74 Å². The number of carbonyl (C=O) groups is 1. The molecule has 0 unspecified atom stereocenters. The Hall–Kier alpha value is -2.36. The second-order valence-corrected chi connectivity index (χ2v) is 3.73. The molecule has 0 aliphatic carbocycles. The molecule has 0 spiro atoms. The van der Waals surface area contributed by atoms with Gasteiger partial charge in [-0.25, -0.2) is 9.18 Å². The Kier molecular flexibility index (Phi) is 3.28. The van der Waals surface area contributed by atoms with Gasteiger partial charge in [0.25, 0.3) is 0 Å². The van der Waals surface area contributed by atoms with Gasteiger partial charge in [0, 0.05) is 0 Å². The first kappa shape index (κ1) is 12.1. The molecular weight excluding hydrogens is 235 g/mol. The summed E-state index contributed by atoms with van der Waals surface area (Å²) in [4.78, 5) is 11.6. The minimum atomic E-state index is -0.505. The van der Waals surface area contributed by atoms with Gasteiger partial charge in [-0.1, -0.05) is 12.1 Å². The van der Waals surface area contributed by atoms with Crippen LogP contribution in [0, 0.1) is 5.82 Å². The molecule has 0 aromatic heterocycles. The first-order valence-corrected chi connectivity index (χ1v) is 5.29. The number of phenolic OH excluding ortho intramolecular Hbond substituents is 1. The number of halogens is 1. The van der Waals surface area contributed by atoms with E-state index in [9.17, 15) is 14.3 Å². The van der Waals surface area contributed by atoms with Crippen molar-refractivity contribution in [2.75, 3.05) is 7.11 Å². The lowest BCUT2D eigenvalue weighted by Gasteiger charge is -2.08. The molecule has 0 aliphatic heterocycles. The summed E-state index contributed by atoms with van der Waals surface area (Å²) < 4.78 is 17.5. The molecule has 0 atom stereocenters. The fraction of sp³-hybridized carbons (Fsp3) is 0.0714. The number of ether oxygens (including phenoxy) is 1. The number of hydrogen-bond donors (Lipinski definition) is 1. The molecule has 4 heteroatoms. The van der Waals surface area contributed by atoms with Crippen molar-refractivity contribution in [3.63, 3.8) is 0 Å². The van der Waals surface area contributed by atoms with Crippen LogP contribution < -0.4 is 0 Å². The van der Waals surface area contributed by atoms with E-state index in [0.29, 0.717) is 16.7 Å². The lowest BCUT2D eigenvalue weighted by atomic mass is 9.99. The smallest absolute Gasteiger partial charge is 0.338 e. The van der Waals surface area contributed by atoms with Gasteiger partial charge in [-0.15, -0.1) is 0 Å². The molecule has 3 nitrogen and oxygen atoms in total. The zero-order valence-corrected chi connectivity index (χ0v) is 9.68. The van der Waals surface area contributed by atoms with Gasteiger partial charge < -0.3 is 9.84 Å². The maximum atomic E-state index is 12.9. The highest BCUT2D eigenvalue weighted by Crippen LogP contribution is 2.28. The summed E-state index contributed by atoms with van der Waals surface area (Å²) in [6, 6.07) is 9.98. The molecule has 2 rings (SSSR count). The predicted octanol–water partition coefficient (Wildman–Crippen LogP) is 2.98. The van der Waals surface area contributed by atoms with Crippen molar-refractivity contribution in [3.8, 4) is 16.9 Å². The third-order valence-electron chi connectivity index (χ3n) is 2.56. The van der Waals surface area contributed by atoms with Gasteiger partial charge in [-0.2, -0.15) is 0 Å². The molecule has 1 N–H and O–H groups in total. The van der Waals surface area contributed by atoms with Crippen LogP contribution in [0.25, 0.3) is 11.1 Å². The Balaban J connectivity index is 2.57. The van der Waals surface area contributed by atoms with Gasteiger partial charge in [0.1, 0.15) is 11.6 Å². The molecule has 0 saturated carbocycles. The second-order valence-electron chi connectivity index (χ2n) is 3.73. The van der Waals surface area contributed by atoms with Gasteiger partial charge in [0.15, 0.2) is 0 Å². The fourth-order valence-corrected chi connectivity index (χ4v) is 1.69. The number of hydrogen-bond acceptors (Lipinski definition) is 3. The number of phenols is 1. The Morgan fingerprint density at radius 3 is 2.44 bits per heavy atom. The molecule has 0 fully saturated rings. The molecule has 0 aliphatic rings. The first-order chi connectivity index (χ1) is 8.61. The summed E-state index contributed by atoms with van der Waals surface area (Å²) in [5.41, 5.74) is 1.46. The topological polar surface area (TPSA) is 46.5 Å². The largest absolute Gasteiger partial charge is 0.508 e. The average molecular weight is 246 g/mol. The summed E-state index contributed by atoms with van der Waals surface area (Å²) in [5, 5.41) is 9.48. The highest BCUT2D eigenvalue weighted by atomic mass is 19.1. The first-order valence-electron chi connectivity index (χ1n) is 5.29. The number of aromatic hydroxyl groups is 1. The third kappa shape index (κ3) is 2.32. The fourth-order valence-electron chi connectivity index (χ4n) is 1.69. The van der Waals surface area contributed by atoms with Crippen LogP contribution in [0.3, 0.4) is 0 Å². The molecule has 0 heterocycles. The molecule has 2 aromatic rings. The summed E-state index contributed by atoms with van der Waals surface area (Å²) in [7, 11) is 1.28. The number of rotatable bonds is 2. The van der Waals surface area contributed by atoms with Gasteiger partial charge in [0.05, 0.1) is 12.7 Å². The van der Waals surface area contributed by atoms with Crippen molar-refractivity contribution in [3.05, 3.63) is 53.8 Å². The molecule has 0 radical (unpaired) electrons. The maximum absolute atomic E-state index is 12.9. The Bertz CT molecular complexity index is 576. The quantitative estimate of drug-likeness (QED) is 0.828. The lowest BCUT2D eigenvalue weighted by Crippen LogP contribution is -2.03. The molecule has 92 valence electrons. The normalized spacial score (nSPS) is 10.1. The molecule has 0 bridgehead atoms. The number of esters is 1. The van der Waals surface area contributed by atoms with Crippen LogP contribution in [0.2, 0.25) is 0 Å². The number of benzene rings is 2. The van der Waals surface area contributed by atoms with E-state index in [0.717, 1.165) is 0 Å². The van der Waals surface area contributed by atoms with Crippen LogP contribution in [0.5, 0.6) is 5.75 Å². The van der Waals surface area contributed by atoms with Gasteiger partial charge in [-0.05, 0) is 41.5 Å². The van der Waals surface area contributed by atoms with Crippen LogP contribution in [0.4, 0.5) is 4.39 Å². The van der Waals surface area contributed by atoms with Crippen LogP contribution in [-0.2, 0) is 4.74 Å². The van der Waals surface area contributed by atoms with E-state index < -0.39 is 5.97 Å². The second kappa shape index (κ2) is 4.87. The van der Waals surface area contributed by atoms with Crippen LogP contribution in [0.1, 0.15) is 10.4 Å². The summed E-state index contributed by atoms with van der Waals surface area (Å²) in [6.07, 6.45) is 0. The third-order valence-corrected chi connectivity index (χ3v) is 2.56. The highest BCUT2D eigenvalue weighted by molar-refractivity contribution is 5.97. The van der Waals surface area contributed by atoms with Gasteiger partial charge in [0.2, 0.25) is 0 Å². The maximum Gasteiger partial charge on any atom is 0.338 e. The predicted molar refractivity (Wildman–Crippen MR) is 64.8 cm³/mol. The van der Waals surface area contributed by atoms with Gasteiger partial charge in [-0.3, -0.25) is 0 Å². The van der Waals surface area contributed by atoms with Crippen LogP contribution in [0.15, 0.2) is 42.5 Å². The monoisotopic (exact) mass is 246 g/mol. The van der Waals surface area contributed by atoms with Crippen molar-refractivity contribution in [1.82, 2.24) is 0 Å². The minimum Gasteiger partial charge on any atom is -0.508 e. The summed E-state index contributed by atoms with van der Waals surface area (Å²) >= 11 is 0. The van der Waals surface area contributed by atoms with Crippen molar-refractivity contribution in [2.24, 2.45) is 0 Å². The number of carbonyl (C=O) groups excluding carboxylic acids is 1. The Labute approximate surface area is 103 Å². The lowest BCUT2D eigenvalue weighted by molar-refractivity contribution is 0.0601. The standard InChI is InChI=1S/C14H11FO3/c1-18-14(17)12-7-6-11(16)8-13(12)9-2-4-10(15)5-3-9/h2-8,16H,1H3. The summed E-state index contributed by atoms with van der Waals surface area (Å²) in [5.74, 6) is -0.838. The zero-order valence-electron chi connectivity index (χ0n) is 9.68. The van der Waals surface area contributed by atoms with Crippen LogP contribution >= 0.6 is 0 Å². The Morgan fingerprint density at radius 1 is 1.17 bits per heavy atom. The van der Waals surface area contributed by atoms with E-state index in [4.69, 9.17) is 0 Å². The van der Waals surface area contributed by atoms with E-state index in [-0.39, 0.29) is 11.6 Å². The van der Waals surface area contributed by atoms with Crippen LogP contribution in [-0.4, -0.2) is 18.2 Å². The van der Waals surface area contributed by atoms with Crippen molar-refractivity contribution >= 4 is 5.97 Å². The molecule has 0 amide bonds. The Morgan fingerprint density at radius 2 is 1.83 bits per heavy atom. The van der Waals surface area contributed by atoms with E-state index >= 15 is 0 Å². The summed E-state index contributed by atoms with van der Waals surface area (Å²) in [6.45, 7) is 0. The van der Waals surface area contributed by atoms with E-state index in [1.807, 2.05) is 0 Å². The zero-order chi connectivity index (χ0) is 13.1. The van der Waals surface area contributed by atoms with E-state index in [1.54, 1.807) is 0 Å². The molecule has 2 aromatic carbocycles. The minimum absolute atomic E-state index is 0.0296. The number of methoxy groups -OCH3 is 1. The van der Waals surface area contributed by atoms with Crippen molar-refractivity contribution in [1.29, 1.82) is 0 Å². The molecule has 0 saturated heterocycles. The SMILES string of the molecule is COC(=O)c1ccc(O)cc1-c1ccc(F)cc1. The van der Waals surface area contributed by atoms with Gasteiger partial charge >= 0.3 is 5.97 Å². The molecular formula is C14H11FO3. The molecule has 18 heavy (non-hydrogen) atoms. The van der Waals surface area contributed by atoms with Crippen molar-refractivity contribution in [2.45, 2.75) is 0 Å².